The van der Waals surface area contributed by atoms with E-state index in [1.54, 1.807) is 6.07 Å². The van der Waals surface area contributed by atoms with E-state index in [-0.39, 0.29) is 17.8 Å². The monoisotopic (exact) mass is 218 g/mol. The first-order chi connectivity index (χ1) is 7.79. The van der Waals surface area contributed by atoms with E-state index < -0.39 is 0 Å². The Hall–Kier alpha value is -2.30. The normalized spacial score (nSPS) is 13.0. The van der Waals surface area contributed by atoms with Gasteiger partial charge in [0, 0.05) is 6.07 Å². The van der Waals surface area contributed by atoms with Gasteiger partial charge >= 0.3 is 0 Å². The summed E-state index contributed by atoms with van der Waals surface area (Å²) >= 11 is 0. The van der Waals surface area contributed by atoms with Crippen LogP contribution in [0.2, 0.25) is 0 Å². The van der Waals surface area contributed by atoms with Crippen molar-refractivity contribution in [1.29, 1.82) is 0 Å². The van der Waals surface area contributed by atoms with E-state index >= 15 is 0 Å². The Labute approximate surface area is 89.2 Å². The van der Waals surface area contributed by atoms with Crippen LogP contribution in [0.5, 0.6) is 11.5 Å². The number of ether oxygens (including phenoxy) is 2. The van der Waals surface area contributed by atoms with Crippen LogP contribution >= 0.6 is 0 Å². The predicted molar refractivity (Wildman–Crippen MR) is 54.0 cm³/mol. The minimum atomic E-state index is -0.366. The zero-order valence-electron chi connectivity index (χ0n) is 8.06. The van der Waals surface area contributed by atoms with E-state index in [1.807, 2.05) is 0 Å². The second kappa shape index (κ2) is 3.10. The van der Waals surface area contributed by atoms with Crippen LogP contribution in [0, 0.1) is 0 Å². The van der Waals surface area contributed by atoms with Crippen LogP contribution in [0.25, 0.3) is 11.0 Å². The van der Waals surface area contributed by atoms with Crippen molar-refractivity contribution in [3.8, 4) is 11.5 Å². The van der Waals surface area contributed by atoms with Crippen molar-refractivity contribution in [2.75, 3.05) is 6.79 Å². The van der Waals surface area contributed by atoms with Crippen molar-refractivity contribution in [2.24, 2.45) is 0 Å². The molecule has 0 saturated carbocycles. The molecule has 16 heavy (non-hydrogen) atoms. The Kier molecular flexibility index (Phi) is 1.73. The fourth-order valence-electron chi connectivity index (χ4n) is 1.62. The molecule has 2 aromatic rings. The quantitative estimate of drug-likeness (QED) is 0.675. The minimum absolute atomic E-state index is 0.00800. The molecule has 80 valence electrons. The summed E-state index contributed by atoms with van der Waals surface area (Å²) in [6, 6.07) is 3.10. The highest BCUT2D eigenvalue weighted by molar-refractivity contribution is 5.86. The molecule has 0 unspecified atom stereocenters. The molecule has 3 rings (SSSR count). The second-order valence-electron chi connectivity index (χ2n) is 3.34. The van der Waals surface area contributed by atoms with Crippen molar-refractivity contribution in [1.82, 2.24) is 0 Å². The average molecular weight is 218 g/mol. The van der Waals surface area contributed by atoms with Crippen molar-refractivity contribution >= 4 is 17.3 Å². The number of hydrogen-bond donors (Lipinski definition) is 0. The van der Waals surface area contributed by atoms with E-state index in [0.29, 0.717) is 28.8 Å². The van der Waals surface area contributed by atoms with Gasteiger partial charge in [0.25, 0.3) is 0 Å². The lowest BCUT2D eigenvalue weighted by Gasteiger charge is -1.99. The average Bonchev–Trinajstić information content (AvgIpc) is 2.74. The summed E-state index contributed by atoms with van der Waals surface area (Å²) in [5, 5.41) is 0.314. The summed E-state index contributed by atoms with van der Waals surface area (Å²) in [5.74, 6) is 1.03. The number of fused-ring (bicyclic) bond motifs is 2. The molecule has 0 atom stereocenters. The lowest BCUT2D eigenvalue weighted by molar-refractivity contribution is 0.112. The van der Waals surface area contributed by atoms with Gasteiger partial charge in [0.2, 0.25) is 12.2 Å². The molecule has 0 bridgehead atoms. The maximum atomic E-state index is 11.8. The third kappa shape index (κ3) is 1.11. The third-order valence-corrected chi connectivity index (χ3v) is 2.42. The molecular formula is C11H6O5. The molecule has 5 heteroatoms. The van der Waals surface area contributed by atoms with Crippen LogP contribution in [-0.2, 0) is 0 Å². The van der Waals surface area contributed by atoms with Crippen molar-refractivity contribution < 1.29 is 18.7 Å². The SMILES string of the molecule is O=Cc1coc2cc3c(cc2c1=O)OCO3. The number of carbonyl (C=O) groups is 1. The van der Waals surface area contributed by atoms with Gasteiger partial charge < -0.3 is 13.9 Å². The number of benzene rings is 1. The van der Waals surface area contributed by atoms with Gasteiger partial charge in [-0.15, -0.1) is 0 Å². The first-order valence-corrected chi connectivity index (χ1v) is 4.60. The molecule has 2 heterocycles. The zero-order chi connectivity index (χ0) is 11.1. The number of carbonyl (C=O) groups excluding carboxylic acids is 1. The van der Waals surface area contributed by atoms with Gasteiger partial charge in [-0.05, 0) is 6.07 Å². The second-order valence-corrected chi connectivity index (χ2v) is 3.34. The molecule has 0 radical (unpaired) electrons. The predicted octanol–water partition coefficient (Wildman–Crippen LogP) is 1.33. The molecule has 0 fully saturated rings. The summed E-state index contributed by atoms with van der Waals surface area (Å²) in [5.41, 5.74) is 0.000709. The summed E-state index contributed by atoms with van der Waals surface area (Å²) in [6.45, 7) is 0.125. The highest BCUT2D eigenvalue weighted by Crippen LogP contribution is 2.34. The Balaban J connectivity index is 2.40. The first-order valence-electron chi connectivity index (χ1n) is 4.60. The van der Waals surface area contributed by atoms with Gasteiger partial charge in [-0.25, -0.2) is 0 Å². The molecule has 0 spiro atoms. The fraction of sp³-hybridized carbons (Fsp3) is 0.0909. The van der Waals surface area contributed by atoms with Crippen molar-refractivity contribution in [3.63, 3.8) is 0 Å². The van der Waals surface area contributed by atoms with Gasteiger partial charge in [0.05, 0.1) is 10.9 Å². The van der Waals surface area contributed by atoms with Gasteiger partial charge in [-0.3, -0.25) is 9.59 Å². The van der Waals surface area contributed by atoms with Crippen LogP contribution in [0.3, 0.4) is 0 Å². The Bertz CT molecular complexity index is 641. The topological polar surface area (TPSA) is 65.7 Å². The van der Waals surface area contributed by atoms with E-state index in [2.05, 4.69) is 0 Å². The molecule has 0 aliphatic carbocycles. The van der Waals surface area contributed by atoms with Gasteiger partial charge in [-0.2, -0.15) is 0 Å². The minimum Gasteiger partial charge on any atom is -0.463 e. The van der Waals surface area contributed by atoms with Gasteiger partial charge in [0.15, 0.2) is 17.8 Å². The maximum Gasteiger partial charge on any atom is 0.231 e. The number of rotatable bonds is 1. The van der Waals surface area contributed by atoms with Crippen molar-refractivity contribution in [3.05, 3.63) is 34.2 Å². The fourth-order valence-corrected chi connectivity index (χ4v) is 1.62. The van der Waals surface area contributed by atoms with E-state index in [4.69, 9.17) is 13.9 Å². The molecule has 1 aromatic carbocycles. The summed E-state index contributed by atoms with van der Waals surface area (Å²) in [4.78, 5) is 22.4. The third-order valence-electron chi connectivity index (χ3n) is 2.42. The van der Waals surface area contributed by atoms with E-state index in [0.717, 1.165) is 6.26 Å². The molecule has 1 aliphatic rings. The van der Waals surface area contributed by atoms with Crippen LogP contribution in [0.15, 0.2) is 27.6 Å². The summed E-state index contributed by atoms with van der Waals surface area (Å²) in [7, 11) is 0. The molecule has 0 amide bonds. The van der Waals surface area contributed by atoms with Crippen LogP contribution in [0.1, 0.15) is 10.4 Å². The van der Waals surface area contributed by atoms with Crippen LogP contribution in [0.4, 0.5) is 0 Å². The molecule has 0 N–H and O–H groups in total. The number of aldehydes is 1. The van der Waals surface area contributed by atoms with Gasteiger partial charge in [0.1, 0.15) is 11.8 Å². The first kappa shape index (κ1) is 8.96. The van der Waals surface area contributed by atoms with Crippen molar-refractivity contribution in [2.45, 2.75) is 0 Å². The van der Waals surface area contributed by atoms with E-state index in [1.165, 1.54) is 6.07 Å². The smallest absolute Gasteiger partial charge is 0.231 e. The number of hydrogen-bond acceptors (Lipinski definition) is 5. The standard InChI is InChI=1S/C11H6O5/c12-3-6-4-14-8-2-10-9(15-5-16-10)1-7(8)11(6)13/h1-4H,5H2. The van der Waals surface area contributed by atoms with Gasteiger partial charge in [-0.1, -0.05) is 0 Å². The zero-order valence-corrected chi connectivity index (χ0v) is 8.06. The molecule has 5 nitrogen and oxygen atoms in total. The van der Waals surface area contributed by atoms with Crippen LogP contribution in [-0.4, -0.2) is 13.1 Å². The molecule has 1 aromatic heterocycles. The van der Waals surface area contributed by atoms with Crippen LogP contribution < -0.4 is 14.9 Å². The summed E-state index contributed by atoms with van der Waals surface area (Å²) in [6.07, 6.45) is 1.61. The molecule has 1 aliphatic heterocycles. The Morgan fingerprint density at radius 2 is 1.94 bits per heavy atom. The lowest BCUT2D eigenvalue weighted by atomic mass is 10.1. The Morgan fingerprint density at radius 1 is 1.19 bits per heavy atom. The highest BCUT2D eigenvalue weighted by Gasteiger charge is 2.17. The highest BCUT2D eigenvalue weighted by atomic mass is 16.7. The van der Waals surface area contributed by atoms with E-state index in [9.17, 15) is 9.59 Å². The lowest BCUT2D eigenvalue weighted by Crippen LogP contribution is -2.07. The largest absolute Gasteiger partial charge is 0.463 e. The summed E-state index contributed by atoms with van der Waals surface area (Å²) < 4.78 is 15.5. The Morgan fingerprint density at radius 3 is 2.69 bits per heavy atom. The molecular weight excluding hydrogens is 212 g/mol. The maximum absolute atomic E-state index is 11.8. The molecule has 0 saturated heterocycles.